The van der Waals surface area contributed by atoms with Gasteiger partial charge in [-0.2, -0.15) is 5.10 Å². The lowest BCUT2D eigenvalue weighted by molar-refractivity contribution is 0.0897. The van der Waals surface area contributed by atoms with Gasteiger partial charge in [0.1, 0.15) is 0 Å². The SMILES string of the molecule is Cc1nn(-c2ccc(Cl)cc2)cc1CN1CCC(N)C(C)(C)C1. The van der Waals surface area contributed by atoms with Crippen molar-refractivity contribution in [3.63, 3.8) is 0 Å². The molecule has 2 N–H and O–H groups in total. The lowest BCUT2D eigenvalue weighted by Crippen LogP contribution is -2.52. The highest BCUT2D eigenvalue weighted by Gasteiger charge is 2.33. The summed E-state index contributed by atoms with van der Waals surface area (Å²) in [5.74, 6) is 0. The third-order valence-electron chi connectivity index (χ3n) is 4.88. The minimum Gasteiger partial charge on any atom is -0.327 e. The van der Waals surface area contributed by atoms with Crippen LogP contribution in [0.5, 0.6) is 0 Å². The molecule has 0 aliphatic carbocycles. The Bertz CT molecular complexity index is 675. The summed E-state index contributed by atoms with van der Waals surface area (Å²) in [5, 5.41) is 5.39. The molecule has 1 aliphatic heterocycles. The van der Waals surface area contributed by atoms with Crippen molar-refractivity contribution in [3.8, 4) is 5.69 Å². The Morgan fingerprint density at radius 1 is 1.30 bits per heavy atom. The van der Waals surface area contributed by atoms with Crippen molar-refractivity contribution in [1.82, 2.24) is 14.7 Å². The summed E-state index contributed by atoms with van der Waals surface area (Å²) >= 11 is 5.96. The average Bonchev–Trinajstić information content (AvgIpc) is 2.84. The number of hydrogen-bond acceptors (Lipinski definition) is 3. The van der Waals surface area contributed by atoms with Gasteiger partial charge in [0.05, 0.1) is 11.4 Å². The maximum Gasteiger partial charge on any atom is 0.0646 e. The third kappa shape index (κ3) is 3.60. The number of rotatable bonds is 3. The van der Waals surface area contributed by atoms with Gasteiger partial charge >= 0.3 is 0 Å². The van der Waals surface area contributed by atoms with E-state index in [0.29, 0.717) is 0 Å². The number of halogens is 1. The molecule has 0 saturated carbocycles. The van der Waals surface area contributed by atoms with Crippen LogP contribution in [-0.4, -0.2) is 33.8 Å². The first-order valence-electron chi connectivity index (χ1n) is 8.14. The highest BCUT2D eigenvalue weighted by molar-refractivity contribution is 6.30. The molecule has 0 spiro atoms. The second-order valence-electron chi connectivity index (χ2n) is 7.26. The van der Waals surface area contributed by atoms with E-state index in [9.17, 15) is 0 Å². The van der Waals surface area contributed by atoms with Crippen LogP contribution in [0.25, 0.3) is 5.69 Å². The van der Waals surface area contributed by atoms with Crippen LogP contribution in [-0.2, 0) is 6.54 Å². The van der Waals surface area contributed by atoms with Crippen LogP contribution in [0.4, 0.5) is 0 Å². The number of piperidine rings is 1. The van der Waals surface area contributed by atoms with E-state index in [2.05, 4.69) is 37.0 Å². The molecular weight excluding hydrogens is 308 g/mol. The molecule has 1 fully saturated rings. The second kappa shape index (κ2) is 6.27. The number of nitrogens with zero attached hydrogens (tertiary/aromatic N) is 3. The fourth-order valence-corrected chi connectivity index (χ4v) is 3.36. The van der Waals surface area contributed by atoms with Crippen LogP contribution in [0.2, 0.25) is 5.02 Å². The van der Waals surface area contributed by atoms with Gasteiger partial charge in [0.25, 0.3) is 0 Å². The van der Waals surface area contributed by atoms with E-state index in [4.69, 9.17) is 17.3 Å². The second-order valence-corrected chi connectivity index (χ2v) is 7.69. The number of nitrogens with two attached hydrogens (primary N) is 1. The molecule has 5 heteroatoms. The van der Waals surface area contributed by atoms with Gasteiger partial charge in [-0.1, -0.05) is 25.4 Å². The Morgan fingerprint density at radius 2 is 2.00 bits per heavy atom. The van der Waals surface area contributed by atoms with Crippen molar-refractivity contribution in [2.45, 2.75) is 39.8 Å². The van der Waals surface area contributed by atoms with E-state index in [1.54, 1.807) is 0 Å². The highest BCUT2D eigenvalue weighted by Crippen LogP contribution is 2.29. The molecule has 1 atom stereocenters. The van der Waals surface area contributed by atoms with Gasteiger partial charge in [0, 0.05) is 42.5 Å². The molecule has 124 valence electrons. The summed E-state index contributed by atoms with van der Waals surface area (Å²) in [5.41, 5.74) is 9.78. The Balaban J connectivity index is 1.75. The van der Waals surface area contributed by atoms with Gasteiger partial charge in [-0.3, -0.25) is 4.90 Å². The zero-order valence-corrected chi connectivity index (χ0v) is 14.8. The Hall–Kier alpha value is -1.36. The van der Waals surface area contributed by atoms with Crippen molar-refractivity contribution in [2.24, 2.45) is 11.1 Å². The fraction of sp³-hybridized carbons (Fsp3) is 0.500. The van der Waals surface area contributed by atoms with Gasteiger partial charge in [0.2, 0.25) is 0 Å². The number of benzene rings is 1. The van der Waals surface area contributed by atoms with Gasteiger partial charge in [-0.15, -0.1) is 0 Å². The van der Waals surface area contributed by atoms with Gasteiger partial charge in [-0.25, -0.2) is 4.68 Å². The van der Waals surface area contributed by atoms with Crippen molar-refractivity contribution in [2.75, 3.05) is 13.1 Å². The maximum atomic E-state index is 6.24. The zero-order valence-electron chi connectivity index (χ0n) is 14.1. The molecule has 1 saturated heterocycles. The highest BCUT2D eigenvalue weighted by atomic mass is 35.5. The van der Waals surface area contributed by atoms with Crippen LogP contribution in [0.1, 0.15) is 31.5 Å². The summed E-state index contributed by atoms with van der Waals surface area (Å²) in [6.45, 7) is 9.59. The summed E-state index contributed by atoms with van der Waals surface area (Å²) in [6, 6.07) is 8.05. The molecule has 0 radical (unpaired) electrons. The number of hydrogen-bond donors (Lipinski definition) is 1. The molecule has 0 amide bonds. The van der Waals surface area contributed by atoms with Crippen molar-refractivity contribution < 1.29 is 0 Å². The van der Waals surface area contributed by atoms with Crippen molar-refractivity contribution in [3.05, 3.63) is 46.7 Å². The lowest BCUT2D eigenvalue weighted by Gasteiger charge is -2.42. The summed E-state index contributed by atoms with van der Waals surface area (Å²) in [4.78, 5) is 2.49. The molecule has 4 nitrogen and oxygen atoms in total. The maximum absolute atomic E-state index is 6.24. The quantitative estimate of drug-likeness (QED) is 0.937. The van der Waals surface area contributed by atoms with Crippen molar-refractivity contribution >= 4 is 11.6 Å². The van der Waals surface area contributed by atoms with E-state index >= 15 is 0 Å². The first-order chi connectivity index (χ1) is 10.8. The van der Waals surface area contributed by atoms with Crippen LogP contribution >= 0.6 is 11.6 Å². The third-order valence-corrected chi connectivity index (χ3v) is 5.13. The largest absolute Gasteiger partial charge is 0.327 e. The predicted octanol–water partition coefficient (Wildman–Crippen LogP) is 3.39. The van der Waals surface area contributed by atoms with E-state index in [0.717, 1.165) is 42.5 Å². The Kier molecular flexibility index (Phi) is 4.50. The Morgan fingerprint density at radius 3 is 2.65 bits per heavy atom. The van der Waals surface area contributed by atoms with E-state index in [1.807, 2.05) is 28.9 Å². The molecule has 1 aliphatic rings. The van der Waals surface area contributed by atoms with E-state index in [-0.39, 0.29) is 11.5 Å². The van der Waals surface area contributed by atoms with Crippen LogP contribution in [0.3, 0.4) is 0 Å². The average molecular weight is 333 g/mol. The molecular formula is C18H25ClN4. The molecule has 1 aromatic carbocycles. The molecule has 2 heterocycles. The topological polar surface area (TPSA) is 47.1 Å². The normalized spacial score (nSPS) is 21.5. The summed E-state index contributed by atoms with van der Waals surface area (Å²) < 4.78 is 1.93. The van der Waals surface area contributed by atoms with Gasteiger partial charge < -0.3 is 5.73 Å². The zero-order chi connectivity index (χ0) is 16.6. The number of aromatic nitrogens is 2. The van der Waals surface area contributed by atoms with Gasteiger partial charge in [0.15, 0.2) is 0 Å². The fourth-order valence-electron chi connectivity index (χ4n) is 3.24. The summed E-state index contributed by atoms with van der Waals surface area (Å²) in [7, 11) is 0. The smallest absolute Gasteiger partial charge is 0.0646 e. The van der Waals surface area contributed by atoms with Crippen LogP contribution in [0, 0.1) is 12.3 Å². The first-order valence-corrected chi connectivity index (χ1v) is 8.52. The minimum atomic E-state index is 0.165. The molecule has 23 heavy (non-hydrogen) atoms. The number of aryl methyl sites for hydroxylation is 1. The lowest BCUT2D eigenvalue weighted by atomic mass is 9.79. The van der Waals surface area contributed by atoms with E-state index in [1.165, 1.54) is 5.56 Å². The molecule has 2 aromatic rings. The number of likely N-dealkylation sites (tertiary alicyclic amines) is 1. The monoisotopic (exact) mass is 332 g/mol. The minimum absolute atomic E-state index is 0.165. The summed E-state index contributed by atoms with van der Waals surface area (Å²) in [6.07, 6.45) is 3.18. The molecule has 0 bridgehead atoms. The Labute approximate surface area is 143 Å². The standard InChI is InChI=1S/C18H25ClN4/c1-13-14(10-22-9-8-17(20)18(2,3)12-22)11-23(21-13)16-6-4-15(19)5-7-16/h4-7,11,17H,8-10,12,20H2,1-3H3. The molecule has 1 aromatic heterocycles. The predicted molar refractivity (Wildman–Crippen MR) is 95.0 cm³/mol. The molecule has 3 rings (SSSR count). The van der Waals surface area contributed by atoms with Gasteiger partial charge in [-0.05, 0) is 43.0 Å². The van der Waals surface area contributed by atoms with Crippen LogP contribution in [0.15, 0.2) is 30.5 Å². The van der Waals surface area contributed by atoms with Crippen LogP contribution < -0.4 is 5.73 Å². The van der Waals surface area contributed by atoms with E-state index < -0.39 is 0 Å². The molecule has 1 unspecified atom stereocenters. The first kappa shape index (κ1) is 16.5. The van der Waals surface area contributed by atoms with Crippen molar-refractivity contribution in [1.29, 1.82) is 0 Å².